The fourth-order valence-corrected chi connectivity index (χ4v) is 5.63. The molecule has 0 spiro atoms. The number of hydrogen-bond donors (Lipinski definition) is 0. The highest BCUT2D eigenvalue weighted by molar-refractivity contribution is 7.99. The molecule has 5 nitrogen and oxygen atoms in total. The van der Waals surface area contributed by atoms with Crippen molar-refractivity contribution < 1.29 is 14.1 Å². The van der Waals surface area contributed by atoms with Gasteiger partial charge in [-0.25, -0.2) is 0 Å². The number of benzene rings is 2. The number of rotatable bonds is 8. The summed E-state index contributed by atoms with van der Waals surface area (Å²) in [4.78, 5) is 17.2. The zero-order valence-electron chi connectivity index (χ0n) is 15.9. The third-order valence-corrected chi connectivity index (χ3v) is 7.61. The normalized spacial score (nSPS) is 14.4. The molecule has 0 aliphatic carbocycles. The lowest BCUT2D eigenvalue weighted by molar-refractivity contribution is -0.124. The van der Waals surface area contributed by atoms with Crippen molar-refractivity contribution in [3.05, 3.63) is 48.5 Å². The van der Waals surface area contributed by atoms with Crippen LogP contribution in [0.3, 0.4) is 0 Å². The Kier molecular flexibility index (Phi) is 7.49. The lowest BCUT2D eigenvalue weighted by atomic mass is 10.2. The molecular formula is C20H23ClN2O3PS+. The van der Waals surface area contributed by atoms with E-state index >= 15 is 0 Å². The molecule has 1 heterocycles. The Hall–Kier alpha value is -1.43. The SMILES string of the molecule is CCN(CC)[P+](=O)C(OCCCl)C(=O)N1c2ccccc2Sc2ccccc21. The summed E-state index contributed by atoms with van der Waals surface area (Å²) >= 11 is 7.41. The first-order valence-corrected chi connectivity index (χ1v) is 11.8. The van der Waals surface area contributed by atoms with E-state index in [2.05, 4.69) is 0 Å². The Morgan fingerprint density at radius 2 is 1.64 bits per heavy atom. The van der Waals surface area contributed by atoms with Gasteiger partial charge in [0.2, 0.25) is 0 Å². The summed E-state index contributed by atoms with van der Waals surface area (Å²) in [5.41, 5.74) is 1.55. The van der Waals surface area contributed by atoms with Crippen molar-refractivity contribution >= 4 is 48.6 Å². The molecule has 0 fully saturated rings. The van der Waals surface area contributed by atoms with Crippen molar-refractivity contribution in [1.82, 2.24) is 4.67 Å². The Bertz CT molecular complexity index is 817. The predicted molar refractivity (Wildman–Crippen MR) is 115 cm³/mol. The van der Waals surface area contributed by atoms with Gasteiger partial charge in [-0.2, -0.15) is 0 Å². The van der Waals surface area contributed by atoms with E-state index in [1.165, 1.54) is 0 Å². The minimum atomic E-state index is -2.06. The molecule has 0 saturated heterocycles. The summed E-state index contributed by atoms with van der Waals surface area (Å²) in [6, 6.07) is 15.4. The zero-order valence-corrected chi connectivity index (χ0v) is 18.3. The number of hydrogen-bond acceptors (Lipinski definition) is 4. The highest BCUT2D eigenvalue weighted by atomic mass is 35.5. The van der Waals surface area contributed by atoms with Crippen LogP contribution in [0, 0.1) is 0 Å². The van der Waals surface area contributed by atoms with Crippen LogP contribution in [-0.4, -0.2) is 42.0 Å². The third-order valence-electron chi connectivity index (χ3n) is 4.43. The Balaban J connectivity index is 2.04. The van der Waals surface area contributed by atoms with Crippen molar-refractivity contribution in [3.8, 4) is 0 Å². The van der Waals surface area contributed by atoms with Crippen molar-refractivity contribution in [2.45, 2.75) is 29.5 Å². The van der Waals surface area contributed by atoms with Crippen LogP contribution >= 0.6 is 31.3 Å². The molecule has 148 valence electrons. The van der Waals surface area contributed by atoms with Crippen molar-refractivity contribution in [2.75, 3.05) is 30.5 Å². The zero-order chi connectivity index (χ0) is 20.1. The number of anilines is 2. The van der Waals surface area contributed by atoms with E-state index in [0.717, 1.165) is 21.2 Å². The van der Waals surface area contributed by atoms with Crippen molar-refractivity contribution in [1.29, 1.82) is 0 Å². The topological polar surface area (TPSA) is 49.9 Å². The molecule has 28 heavy (non-hydrogen) atoms. The summed E-state index contributed by atoms with van der Waals surface area (Å²) in [7, 11) is -2.06. The minimum absolute atomic E-state index is 0.159. The van der Waals surface area contributed by atoms with Gasteiger partial charge < -0.3 is 4.74 Å². The largest absolute Gasteiger partial charge is 0.477 e. The van der Waals surface area contributed by atoms with E-state index in [9.17, 15) is 9.36 Å². The maximum atomic E-state index is 13.6. The van der Waals surface area contributed by atoms with E-state index in [0.29, 0.717) is 13.1 Å². The first-order valence-electron chi connectivity index (χ1n) is 9.21. The molecular weight excluding hydrogens is 415 g/mol. The summed E-state index contributed by atoms with van der Waals surface area (Å²) in [5.74, 6) is -1.19. The van der Waals surface area contributed by atoms with Gasteiger partial charge in [-0.3, -0.25) is 9.69 Å². The molecule has 3 rings (SSSR count). The van der Waals surface area contributed by atoms with Gasteiger partial charge in [0.15, 0.2) is 0 Å². The van der Waals surface area contributed by atoms with Crippen LogP contribution in [0.5, 0.6) is 0 Å². The van der Waals surface area contributed by atoms with E-state index < -0.39 is 13.8 Å². The molecule has 0 radical (unpaired) electrons. The standard InChI is InChI=1S/C20H23ClN2O3PS/c1-3-22(4-2)27(25)20(26-14-13-21)19(24)23-15-9-5-7-11-17(15)28-18-12-8-6-10-16(18)23/h5-12,20H,3-4,13-14H2,1-2H3/q+1. The number of ether oxygens (including phenoxy) is 1. The second-order valence-electron chi connectivity index (χ2n) is 6.06. The molecule has 8 heteroatoms. The van der Waals surface area contributed by atoms with E-state index in [-0.39, 0.29) is 18.4 Å². The van der Waals surface area contributed by atoms with Gasteiger partial charge >= 0.3 is 19.7 Å². The first-order chi connectivity index (χ1) is 13.6. The highest BCUT2D eigenvalue weighted by Crippen LogP contribution is 2.49. The smallest absolute Gasteiger partial charge is 0.325 e. The Labute approximate surface area is 175 Å². The molecule has 0 saturated carbocycles. The average molecular weight is 438 g/mol. The quantitative estimate of drug-likeness (QED) is 0.404. The molecule has 2 unspecified atom stereocenters. The average Bonchev–Trinajstić information content (AvgIpc) is 2.73. The molecule has 0 bridgehead atoms. The van der Waals surface area contributed by atoms with Crippen LogP contribution in [0.15, 0.2) is 58.3 Å². The van der Waals surface area contributed by atoms with E-state index in [4.69, 9.17) is 16.3 Å². The van der Waals surface area contributed by atoms with Gasteiger partial charge in [0.05, 0.1) is 18.0 Å². The molecule has 2 atom stereocenters. The number of nitrogens with zero attached hydrogens (tertiary/aromatic N) is 2. The van der Waals surface area contributed by atoms with Crippen molar-refractivity contribution in [3.63, 3.8) is 0 Å². The summed E-state index contributed by atoms with van der Waals surface area (Å²) < 4.78 is 20.7. The lowest BCUT2D eigenvalue weighted by Crippen LogP contribution is -2.39. The number of fused-ring (bicyclic) bond motifs is 2. The Morgan fingerprint density at radius 3 is 2.14 bits per heavy atom. The number of carbonyl (C=O) groups excluding carboxylic acids is 1. The highest BCUT2D eigenvalue weighted by Gasteiger charge is 2.47. The van der Waals surface area contributed by atoms with Gasteiger partial charge in [-0.15, -0.1) is 11.6 Å². The fraction of sp³-hybridized carbons (Fsp3) is 0.350. The summed E-state index contributed by atoms with van der Waals surface area (Å²) in [5, 5.41) is 0. The number of para-hydroxylation sites is 2. The molecule has 1 aliphatic rings. The number of carbonyl (C=O) groups is 1. The molecule has 2 aromatic rings. The monoisotopic (exact) mass is 437 g/mol. The number of alkyl halides is 1. The third kappa shape index (κ3) is 4.27. The van der Waals surface area contributed by atoms with Crippen LogP contribution in [0.25, 0.3) is 0 Å². The molecule has 1 amide bonds. The van der Waals surface area contributed by atoms with Crippen LogP contribution in [0.2, 0.25) is 0 Å². The lowest BCUT2D eigenvalue weighted by Gasteiger charge is -2.31. The maximum Gasteiger partial charge on any atom is 0.477 e. The second kappa shape index (κ2) is 9.86. The van der Waals surface area contributed by atoms with Crippen LogP contribution < -0.4 is 4.90 Å². The van der Waals surface area contributed by atoms with Gasteiger partial charge in [0, 0.05) is 28.8 Å². The molecule has 0 N–H and O–H groups in total. The Morgan fingerprint density at radius 1 is 1.11 bits per heavy atom. The summed E-state index contributed by atoms with van der Waals surface area (Å²) in [6.07, 6.45) is 0. The maximum absolute atomic E-state index is 13.6. The van der Waals surface area contributed by atoms with Crippen LogP contribution in [0.1, 0.15) is 13.8 Å². The summed E-state index contributed by atoms with van der Waals surface area (Å²) in [6.45, 7) is 5.14. The second-order valence-corrected chi connectivity index (χ2v) is 9.17. The van der Waals surface area contributed by atoms with Gasteiger partial charge in [0.25, 0.3) is 0 Å². The number of halogens is 1. The van der Waals surface area contributed by atoms with E-state index in [1.807, 2.05) is 62.4 Å². The van der Waals surface area contributed by atoms with Gasteiger partial charge in [-0.05, 0) is 42.7 Å². The number of amides is 1. The van der Waals surface area contributed by atoms with Crippen LogP contribution in [-0.2, 0) is 14.1 Å². The van der Waals surface area contributed by atoms with Crippen LogP contribution in [0.4, 0.5) is 11.4 Å². The van der Waals surface area contributed by atoms with Crippen molar-refractivity contribution in [2.24, 2.45) is 0 Å². The first kappa shape index (κ1) is 21.3. The predicted octanol–water partition coefficient (Wildman–Crippen LogP) is 5.48. The fourth-order valence-electron chi connectivity index (χ4n) is 3.09. The molecule has 2 aromatic carbocycles. The minimum Gasteiger partial charge on any atom is -0.325 e. The van der Waals surface area contributed by atoms with E-state index in [1.54, 1.807) is 21.3 Å². The van der Waals surface area contributed by atoms with Gasteiger partial charge in [0.1, 0.15) is 0 Å². The van der Waals surface area contributed by atoms with Gasteiger partial charge in [-0.1, -0.05) is 40.7 Å². The molecule has 1 aliphatic heterocycles. The molecule has 0 aromatic heterocycles.